The maximum absolute atomic E-state index is 12.8. The van der Waals surface area contributed by atoms with Gasteiger partial charge in [0.05, 0.1) is 17.4 Å². The molecule has 0 N–H and O–H groups in total. The summed E-state index contributed by atoms with van der Waals surface area (Å²) < 4.78 is 36.3. The highest BCUT2D eigenvalue weighted by molar-refractivity contribution is 7.89. The van der Waals surface area contributed by atoms with E-state index in [-0.39, 0.29) is 24.5 Å². The van der Waals surface area contributed by atoms with E-state index in [0.29, 0.717) is 4.31 Å². The van der Waals surface area contributed by atoms with Crippen LogP contribution in [0.3, 0.4) is 0 Å². The number of carbonyl (C=O) groups excluding carboxylic acids is 2. The molecule has 27 heavy (non-hydrogen) atoms. The average Bonchev–Trinajstić information content (AvgIpc) is 3.02. The summed E-state index contributed by atoms with van der Waals surface area (Å²) in [6.07, 6.45) is -1.26. The highest BCUT2D eigenvalue weighted by Crippen LogP contribution is 2.26. The molecule has 0 spiro atoms. The van der Waals surface area contributed by atoms with Crippen LogP contribution in [0.25, 0.3) is 0 Å². The number of nitrogens with zero attached hydrogens (tertiary/aromatic N) is 1. The number of amides is 1. The molecule has 1 aliphatic rings. The minimum Gasteiger partial charge on any atom is -0.461 e. The number of aryl methyl sites for hydroxylation is 1. The van der Waals surface area contributed by atoms with Gasteiger partial charge in [0.25, 0.3) is 10.0 Å². The first-order valence-corrected chi connectivity index (χ1v) is 9.79. The van der Waals surface area contributed by atoms with Crippen LogP contribution < -0.4 is 0 Å². The lowest BCUT2D eigenvalue weighted by Crippen LogP contribution is -2.40. The minimum atomic E-state index is -4.12. The lowest BCUT2D eigenvalue weighted by atomic mass is 10.2. The summed E-state index contributed by atoms with van der Waals surface area (Å²) in [5.74, 6) is -0.605. The minimum absolute atomic E-state index is 0.0328. The fourth-order valence-electron chi connectivity index (χ4n) is 2.70. The van der Waals surface area contributed by atoms with Crippen molar-refractivity contribution >= 4 is 22.1 Å². The van der Waals surface area contributed by atoms with E-state index >= 15 is 0 Å². The Kier molecular flexibility index (Phi) is 5.46. The maximum Gasteiger partial charge on any atom is 0.424 e. The first-order valence-electron chi connectivity index (χ1n) is 8.35. The number of sulfonamides is 1. The van der Waals surface area contributed by atoms with Crippen LogP contribution in [-0.2, 0) is 30.9 Å². The second-order valence-corrected chi connectivity index (χ2v) is 8.01. The van der Waals surface area contributed by atoms with Crippen molar-refractivity contribution < 1.29 is 27.5 Å². The molecule has 7 nitrogen and oxygen atoms in total. The molecule has 1 fully saturated rings. The number of carbonyl (C=O) groups is 2. The summed E-state index contributed by atoms with van der Waals surface area (Å²) in [6, 6.07) is 14.3. The number of rotatable bonds is 6. The summed E-state index contributed by atoms with van der Waals surface area (Å²) in [5.41, 5.74) is 1.70. The van der Waals surface area contributed by atoms with Gasteiger partial charge in [-0.3, -0.25) is 4.79 Å². The van der Waals surface area contributed by atoms with Crippen LogP contribution >= 0.6 is 0 Å². The topological polar surface area (TPSA) is 90.0 Å². The lowest BCUT2D eigenvalue weighted by Gasteiger charge is -2.20. The third kappa shape index (κ3) is 4.28. The van der Waals surface area contributed by atoms with Gasteiger partial charge in [0.15, 0.2) is 0 Å². The Hall–Kier alpha value is -2.87. The van der Waals surface area contributed by atoms with Gasteiger partial charge in [-0.05, 0) is 24.6 Å². The van der Waals surface area contributed by atoms with Crippen LogP contribution in [0.4, 0.5) is 4.79 Å². The Morgan fingerprint density at radius 3 is 2.48 bits per heavy atom. The maximum atomic E-state index is 12.8. The third-order valence-corrected chi connectivity index (χ3v) is 5.97. The van der Waals surface area contributed by atoms with Crippen molar-refractivity contribution in [1.82, 2.24) is 4.31 Å². The number of cyclic esters (lactones) is 1. The molecule has 0 saturated carbocycles. The van der Waals surface area contributed by atoms with E-state index in [4.69, 9.17) is 9.47 Å². The van der Waals surface area contributed by atoms with Gasteiger partial charge in [-0.1, -0.05) is 48.0 Å². The fraction of sp³-hybridized carbons (Fsp3) is 0.263. The van der Waals surface area contributed by atoms with Gasteiger partial charge in [0.2, 0.25) is 0 Å². The molecular weight excluding hydrogens is 370 g/mol. The molecule has 2 aromatic carbocycles. The van der Waals surface area contributed by atoms with Gasteiger partial charge < -0.3 is 9.47 Å². The summed E-state index contributed by atoms with van der Waals surface area (Å²) in [6.45, 7) is 1.71. The smallest absolute Gasteiger partial charge is 0.424 e. The molecule has 0 bridgehead atoms. The zero-order valence-electron chi connectivity index (χ0n) is 14.7. The van der Waals surface area contributed by atoms with Crippen molar-refractivity contribution in [3.8, 4) is 0 Å². The molecule has 0 radical (unpaired) electrons. The van der Waals surface area contributed by atoms with E-state index in [1.165, 1.54) is 12.1 Å². The summed E-state index contributed by atoms with van der Waals surface area (Å²) >= 11 is 0. The number of hydrogen-bond acceptors (Lipinski definition) is 6. The molecule has 3 rings (SSSR count). The van der Waals surface area contributed by atoms with Crippen molar-refractivity contribution in [2.75, 3.05) is 6.61 Å². The molecule has 1 amide bonds. The fourth-order valence-corrected chi connectivity index (χ4v) is 4.18. The van der Waals surface area contributed by atoms with Gasteiger partial charge in [-0.25, -0.2) is 13.2 Å². The highest BCUT2D eigenvalue weighted by atomic mass is 32.2. The van der Waals surface area contributed by atoms with Gasteiger partial charge in [0.1, 0.15) is 13.2 Å². The molecule has 0 unspecified atom stereocenters. The first-order chi connectivity index (χ1) is 12.9. The lowest BCUT2D eigenvalue weighted by molar-refractivity contribution is -0.145. The van der Waals surface area contributed by atoms with E-state index in [9.17, 15) is 18.0 Å². The monoisotopic (exact) mass is 389 g/mol. The standard InChI is InChI=1S/C19H19NO6S/c1-14-7-9-17(10-8-14)27(23,24)20-16(13-26-19(20)22)11-18(21)25-12-15-5-3-2-4-6-15/h2-10,16H,11-13H2,1H3/t16-/m0/s1. The van der Waals surface area contributed by atoms with Crippen molar-refractivity contribution in [1.29, 1.82) is 0 Å². The van der Waals surface area contributed by atoms with Crippen molar-refractivity contribution in [2.24, 2.45) is 0 Å². The quantitative estimate of drug-likeness (QED) is 0.706. The molecule has 8 heteroatoms. The van der Waals surface area contributed by atoms with Crippen LogP contribution in [0.2, 0.25) is 0 Å². The number of benzene rings is 2. The van der Waals surface area contributed by atoms with E-state index in [0.717, 1.165) is 11.1 Å². The van der Waals surface area contributed by atoms with Gasteiger partial charge in [-0.2, -0.15) is 4.31 Å². The Morgan fingerprint density at radius 2 is 1.81 bits per heavy atom. The molecule has 0 aromatic heterocycles. The predicted octanol–water partition coefficient (Wildman–Crippen LogP) is 2.64. The van der Waals surface area contributed by atoms with Crippen LogP contribution in [-0.4, -0.2) is 37.4 Å². The summed E-state index contributed by atoms with van der Waals surface area (Å²) in [7, 11) is -4.12. The Bertz CT molecular complexity index is 924. The second-order valence-electron chi connectivity index (χ2n) is 6.20. The molecule has 1 heterocycles. The third-order valence-electron chi connectivity index (χ3n) is 4.13. The molecule has 1 atom stereocenters. The van der Waals surface area contributed by atoms with Crippen LogP contribution in [0.1, 0.15) is 17.5 Å². The van der Waals surface area contributed by atoms with E-state index < -0.39 is 28.1 Å². The first kappa shape index (κ1) is 18.9. The molecular formula is C19H19NO6S. The molecule has 142 valence electrons. The zero-order valence-corrected chi connectivity index (χ0v) is 15.5. The van der Waals surface area contributed by atoms with E-state index in [1.807, 2.05) is 37.3 Å². The zero-order chi connectivity index (χ0) is 19.4. The Morgan fingerprint density at radius 1 is 1.15 bits per heavy atom. The van der Waals surface area contributed by atoms with Crippen LogP contribution in [0.15, 0.2) is 59.5 Å². The Labute approximate surface area is 157 Å². The largest absolute Gasteiger partial charge is 0.461 e. The second kappa shape index (κ2) is 7.79. The van der Waals surface area contributed by atoms with Crippen molar-refractivity contribution in [2.45, 2.75) is 30.9 Å². The number of esters is 1. The van der Waals surface area contributed by atoms with Crippen molar-refractivity contribution in [3.63, 3.8) is 0 Å². The summed E-state index contributed by atoms with van der Waals surface area (Å²) in [5, 5.41) is 0. The number of ether oxygens (including phenoxy) is 2. The highest BCUT2D eigenvalue weighted by Gasteiger charge is 2.43. The Balaban J connectivity index is 1.70. The summed E-state index contributed by atoms with van der Waals surface area (Å²) in [4.78, 5) is 24.1. The molecule has 1 aliphatic heterocycles. The van der Waals surface area contributed by atoms with Gasteiger partial charge >= 0.3 is 12.1 Å². The number of hydrogen-bond donors (Lipinski definition) is 0. The van der Waals surface area contributed by atoms with Crippen molar-refractivity contribution in [3.05, 3.63) is 65.7 Å². The van der Waals surface area contributed by atoms with Gasteiger partial charge in [-0.15, -0.1) is 0 Å². The molecule has 1 saturated heterocycles. The van der Waals surface area contributed by atoms with E-state index in [1.54, 1.807) is 12.1 Å². The van der Waals surface area contributed by atoms with E-state index in [2.05, 4.69) is 0 Å². The molecule has 0 aliphatic carbocycles. The van der Waals surface area contributed by atoms with Gasteiger partial charge in [0, 0.05) is 0 Å². The van der Waals surface area contributed by atoms with Crippen LogP contribution in [0, 0.1) is 6.92 Å². The molecule has 2 aromatic rings. The predicted molar refractivity (Wildman–Crippen MR) is 96.2 cm³/mol. The van der Waals surface area contributed by atoms with Crippen LogP contribution in [0.5, 0.6) is 0 Å². The normalized spacial score (nSPS) is 16.9. The average molecular weight is 389 g/mol. The SMILES string of the molecule is Cc1ccc(S(=O)(=O)N2C(=O)OC[C@@H]2CC(=O)OCc2ccccc2)cc1.